The van der Waals surface area contributed by atoms with E-state index in [1.165, 1.54) is 0 Å². The van der Waals surface area contributed by atoms with Crippen LogP contribution < -0.4 is 10.6 Å². The van der Waals surface area contributed by atoms with Crippen LogP contribution >= 0.6 is 0 Å². The molecular weight excluding hydrogens is 454 g/mol. The molecule has 8 heteroatoms. The fourth-order valence-electron chi connectivity index (χ4n) is 4.87. The van der Waals surface area contributed by atoms with Gasteiger partial charge in [0.25, 0.3) is 5.91 Å². The van der Waals surface area contributed by atoms with Gasteiger partial charge in [-0.2, -0.15) is 5.10 Å². The summed E-state index contributed by atoms with van der Waals surface area (Å²) in [7, 11) is 0. The summed E-state index contributed by atoms with van der Waals surface area (Å²) in [5, 5.41) is 22.8. The highest BCUT2D eigenvalue weighted by atomic mass is 16.5. The summed E-state index contributed by atoms with van der Waals surface area (Å²) in [5.41, 5.74) is 2.30. The van der Waals surface area contributed by atoms with Gasteiger partial charge < -0.3 is 20.5 Å². The molecule has 0 unspecified atom stereocenters. The van der Waals surface area contributed by atoms with Crippen molar-refractivity contribution < 1.29 is 14.6 Å². The topological polar surface area (TPSA) is 101 Å². The van der Waals surface area contributed by atoms with Crippen molar-refractivity contribution in [3.05, 3.63) is 89.7 Å². The third-order valence-electron chi connectivity index (χ3n) is 6.88. The Labute approximate surface area is 210 Å². The molecule has 0 aliphatic carbocycles. The number of ether oxygens (including phenoxy) is 1. The van der Waals surface area contributed by atoms with Gasteiger partial charge in [0.05, 0.1) is 29.4 Å². The Kier molecular flexibility index (Phi) is 6.97. The van der Waals surface area contributed by atoms with Crippen molar-refractivity contribution in [1.82, 2.24) is 20.1 Å². The summed E-state index contributed by atoms with van der Waals surface area (Å²) in [6.45, 7) is 3.73. The third-order valence-corrected chi connectivity index (χ3v) is 6.88. The highest BCUT2D eigenvalue weighted by Gasteiger charge is 2.36. The van der Waals surface area contributed by atoms with Crippen LogP contribution in [0.25, 0.3) is 11.0 Å². The lowest BCUT2D eigenvalue weighted by molar-refractivity contribution is 0.0868. The lowest BCUT2D eigenvalue weighted by Gasteiger charge is -2.34. The number of benzene rings is 2. The number of rotatable bonds is 8. The molecule has 5 rings (SSSR count). The predicted octanol–water partition coefficient (Wildman–Crippen LogP) is 3.71. The zero-order valence-electron chi connectivity index (χ0n) is 20.4. The summed E-state index contributed by atoms with van der Waals surface area (Å²) >= 11 is 0. The quantitative estimate of drug-likeness (QED) is 0.352. The van der Waals surface area contributed by atoms with Crippen molar-refractivity contribution >= 4 is 22.6 Å². The molecule has 2 aromatic carbocycles. The molecular formula is C28H31N5O3. The minimum atomic E-state index is -1.13. The van der Waals surface area contributed by atoms with Crippen LogP contribution in [0.5, 0.6) is 0 Å². The monoisotopic (exact) mass is 485 g/mol. The standard InChI is InChI=1S/C28H31N5O3/c1-2-33-26-23(18-30-33)25(31-22-13-15-36-16-14-22)24(17-29-26)27(35)32-28(19-34,20-9-5-3-6-10-20)21-11-7-4-8-12-21/h3-12,17-18,22,34H,2,13-16,19H2,1H3,(H,29,31)(H,32,35). The van der Waals surface area contributed by atoms with Gasteiger partial charge in [-0.1, -0.05) is 60.7 Å². The van der Waals surface area contributed by atoms with Crippen molar-refractivity contribution in [3.8, 4) is 0 Å². The van der Waals surface area contributed by atoms with E-state index in [9.17, 15) is 9.90 Å². The Hall–Kier alpha value is -3.75. The first-order chi connectivity index (χ1) is 17.7. The van der Waals surface area contributed by atoms with Crippen LogP contribution in [0, 0.1) is 0 Å². The molecule has 8 nitrogen and oxygen atoms in total. The molecule has 3 N–H and O–H groups in total. The number of hydrogen-bond acceptors (Lipinski definition) is 6. The number of fused-ring (bicyclic) bond motifs is 1. The summed E-state index contributed by atoms with van der Waals surface area (Å²) in [5.74, 6) is -0.329. The van der Waals surface area contributed by atoms with Crippen LogP contribution in [0.4, 0.5) is 5.69 Å². The number of amides is 1. The van der Waals surface area contributed by atoms with Gasteiger partial charge in [0.1, 0.15) is 5.54 Å². The van der Waals surface area contributed by atoms with Crippen LogP contribution in [0.1, 0.15) is 41.3 Å². The molecule has 1 aliphatic rings. The Bertz CT molecular complexity index is 1280. The van der Waals surface area contributed by atoms with Gasteiger partial charge in [-0.25, -0.2) is 9.67 Å². The van der Waals surface area contributed by atoms with Crippen molar-refractivity contribution in [2.75, 3.05) is 25.1 Å². The highest BCUT2D eigenvalue weighted by molar-refractivity contribution is 6.07. The molecule has 0 radical (unpaired) electrons. The van der Waals surface area contributed by atoms with Gasteiger partial charge in [-0.15, -0.1) is 0 Å². The molecule has 0 atom stereocenters. The first-order valence-corrected chi connectivity index (χ1v) is 12.4. The average molecular weight is 486 g/mol. The number of anilines is 1. The second-order valence-electron chi connectivity index (χ2n) is 9.03. The van der Waals surface area contributed by atoms with E-state index >= 15 is 0 Å². The number of aryl methyl sites for hydroxylation is 1. The first kappa shape index (κ1) is 24.0. The molecule has 0 saturated carbocycles. The van der Waals surface area contributed by atoms with E-state index in [2.05, 4.69) is 20.7 Å². The van der Waals surface area contributed by atoms with Gasteiger partial charge in [0, 0.05) is 32.0 Å². The van der Waals surface area contributed by atoms with E-state index < -0.39 is 5.54 Å². The molecule has 0 spiro atoms. The molecule has 4 aromatic rings. The van der Waals surface area contributed by atoms with Crippen molar-refractivity contribution in [2.45, 2.75) is 37.9 Å². The number of carbonyl (C=O) groups excluding carboxylic acids is 1. The lowest BCUT2D eigenvalue weighted by atomic mass is 9.83. The van der Waals surface area contributed by atoms with Crippen LogP contribution in [-0.4, -0.2) is 51.6 Å². The summed E-state index contributed by atoms with van der Waals surface area (Å²) in [4.78, 5) is 18.6. The SMILES string of the molecule is CCn1ncc2c(NC3CCOCC3)c(C(=O)NC(CO)(c3ccccc3)c3ccccc3)cnc21. The molecule has 1 saturated heterocycles. The van der Waals surface area contributed by atoms with E-state index in [1.807, 2.05) is 72.3 Å². The lowest BCUT2D eigenvalue weighted by Crippen LogP contribution is -2.49. The molecule has 1 amide bonds. The Morgan fingerprint density at radius 2 is 1.69 bits per heavy atom. The second-order valence-corrected chi connectivity index (χ2v) is 9.03. The average Bonchev–Trinajstić information content (AvgIpc) is 3.37. The predicted molar refractivity (Wildman–Crippen MR) is 139 cm³/mol. The number of hydrogen-bond donors (Lipinski definition) is 3. The zero-order valence-corrected chi connectivity index (χ0v) is 20.4. The van der Waals surface area contributed by atoms with Crippen LogP contribution in [0.2, 0.25) is 0 Å². The number of aliphatic hydroxyl groups excluding tert-OH is 1. The number of aliphatic hydroxyl groups is 1. The van der Waals surface area contributed by atoms with Gasteiger partial charge >= 0.3 is 0 Å². The van der Waals surface area contributed by atoms with Gasteiger partial charge in [-0.3, -0.25) is 4.79 Å². The van der Waals surface area contributed by atoms with E-state index in [1.54, 1.807) is 12.4 Å². The maximum atomic E-state index is 14.0. The largest absolute Gasteiger partial charge is 0.393 e. The number of nitrogens with zero attached hydrogens (tertiary/aromatic N) is 3. The Morgan fingerprint density at radius 3 is 2.28 bits per heavy atom. The molecule has 186 valence electrons. The Morgan fingerprint density at radius 1 is 1.06 bits per heavy atom. The normalized spacial score (nSPS) is 14.6. The first-order valence-electron chi connectivity index (χ1n) is 12.4. The Balaban J connectivity index is 1.59. The fraction of sp³-hybridized carbons (Fsp3) is 0.321. The molecule has 1 fully saturated rings. The number of carbonyl (C=O) groups is 1. The van der Waals surface area contributed by atoms with Crippen LogP contribution in [-0.2, 0) is 16.8 Å². The van der Waals surface area contributed by atoms with Gasteiger partial charge in [0.15, 0.2) is 5.65 Å². The summed E-state index contributed by atoms with van der Waals surface area (Å²) in [6, 6.07) is 19.3. The minimum absolute atomic E-state index is 0.173. The molecule has 36 heavy (non-hydrogen) atoms. The molecule has 2 aromatic heterocycles. The molecule has 0 bridgehead atoms. The zero-order chi connectivity index (χ0) is 25.0. The summed E-state index contributed by atoms with van der Waals surface area (Å²) < 4.78 is 7.34. The van der Waals surface area contributed by atoms with Crippen molar-refractivity contribution in [2.24, 2.45) is 0 Å². The smallest absolute Gasteiger partial charge is 0.256 e. The fourth-order valence-corrected chi connectivity index (χ4v) is 4.87. The van der Waals surface area contributed by atoms with E-state index in [0.717, 1.165) is 35.0 Å². The number of nitrogens with one attached hydrogen (secondary N) is 2. The van der Waals surface area contributed by atoms with Crippen LogP contribution in [0.3, 0.4) is 0 Å². The van der Waals surface area contributed by atoms with E-state index in [4.69, 9.17) is 4.74 Å². The highest BCUT2D eigenvalue weighted by Crippen LogP contribution is 2.32. The maximum Gasteiger partial charge on any atom is 0.256 e. The maximum absolute atomic E-state index is 14.0. The number of aromatic nitrogens is 3. The van der Waals surface area contributed by atoms with Crippen molar-refractivity contribution in [1.29, 1.82) is 0 Å². The summed E-state index contributed by atoms with van der Waals surface area (Å²) in [6.07, 6.45) is 5.06. The van der Waals surface area contributed by atoms with Gasteiger partial charge in [-0.05, 0) is 30.9 Å². The minimum Gasteiger partial charge on any atom is -0.393 e. The second kappa shape index (κ2) is 10.5. The third kappa shape index (κ3) is 4.45. The molecule has 1 aliphatic heterocycles. The van der Waals surface area contributed by atoms with E-state index in [0.29, 0.717) is 31.0 Å². The van der Waals surface area contributed by atoms with Gasteiger partial charge in [0.2, 0.25) is 0 Å². The number of pyridine rings is 1. The van der Waals surface area contributed by atoms with E-state index in [-0.39, 0.29) is 18.6 Å². The molecule has 3 heterocycles. The van der Waals surface area contributed by atoms with Crippen LogP contribution in [0.15, 0.2) is 73.1 Å². The van der Waals surface area contributed by atoms with Crippen molar-refractivity contribution in [3.63, 3.8) is 0 Å².